The van der Waals surface area contributed by atoms with E-state index in [-0.39, 0.29) is 17.7 Å². The summed E-state index contributed by atoms with van der Waals surface area (Å²) in [6.45, 7) is 6.48. The molecule has 10 heteroatoms. The minimum absolute atomic E-state index is 0.192. The van der Waals surface area contributed by atoms with Crippen LogP contribution in [0.25, 0.3) is 10.6 Å². The van der Waals surface area contributed by atoms with Crippen molar-refractivity contribution in [1.29, 1.82) is 0 Å². The first-order valence-corrected chi connectivity index (χ1v) is 10.8. The van der Waals surface area contributed by atoms with Gasteiger partial charge in [0.2, 0.25) is 0 Å². The van der Waals surface area contributed by atoms with E-state index in [2.05, 4.69) is 15.5 Å². The van der Waals surface area contributed by atoms with Crippen LogP contribution in [0.5, 0.6) is 0 Å². The number of carbonyl (C=O) groups excluding carboxylic acids is 2. The second-order valence-corrected chi connectivity index (χ2v) is 9.58. The van der Waals surface area contributed by atoms with Crippen LogP contribution in [-0.2, 0) is 17.7 Å². The molecule has 1 N–H and O–H groups in total. The van der Waals surface area contributed by atoms with Crippen LogP contribution in [0, 0.1) is 0 Å². The number of aromatic nitrogens is 2. The predicted octanol–water partition coefficient (Wildman–Crippen LogP) is 4.41. The summed E-state index contributed by atoms with van der Waals surface area (Å²) in [7, 11) is 0. The van der Waals surface area contributed by atoms with Gasteiger partial charge in [0.25, 0.3) is 5.91 Å². The molecule has 0 spiro atoms. The van der Waals surface area contributed by atoms with Crippen molar-refractivity contribution in [2.75, 3.05) is 11.9 Å². The van der Waals surface area contributed by atoms with Crippen LogP contribution >= 0.6 is 22.7 Å². The highest BCUT2D eigenvalue weighted by Gasteiger charge is 2.28. The number of carbonyl (C=O) groups is 2. The summed E-state index contributed by atoms with van der Waals surface area (Å²) in [4.78, 5) is 32.8. The summed E-state index contributed by atoms with van der Waals surface area (Å²) in [5.41, 5.74) is 0.547. The molecule has 4 heterocycles. The Bertz CT molecular complexity index is 1030. The number of fused-ring (bicyclic) bond motifs is 1. The van der Waals surface area contributed by atoms with Gasteiger partial charge in [0.05, 0.1) is 17.1 Å². The largest absolute Gasteiger partial charge is 0.444 e. The van der Waals surface area contributed by atoms with Crippen molar-refractivity contribution in [3.8, 4) is 10.6 Å². The Balaban J connectivity index is 1.42. The predicted molar refractivity (Wildman–Crippen MR) is 110 cm³/mol. The van der Waals surface area contributed by atoms with E-state index in [1.807, 2.05) is 38.3 Å². The van der Waals surface area contributed by atoms with E-state index in [0.29, 0.717) is 30.4 Å². The molecule has 0 aliphatic carbocycles. The minimum atomic E-state index is -0.538. The number of hydrogen-bond acceptors (Lipinski definition) is 8. The van der Waals surface area contributed by atoms with Crippen LogP contribution in [0.3, 0.4) is 0 Å². The summed E-state index contributed by atoms with van der Waals surface area (Å²) < 4.78 is 10.7. The van der Waals surface area contributed by atoms with E-state index in [1.54, 1.807) is 11.0 Å². The molecule has 0 radical (unpaired) electrons. The third-order valence-electron chi connectivity index (χ3n) is 4.11. The number of ether oxygens (including phenoxy) is 1. The normalized spacial score (nSPS) is 13.8. The van der Waals surface area contributed by atoms with Crippen molar-refractivity contribution in [1.82, 2.24) is 15.0 Å². The molecular weight excluding hydrogens is 412 g/mol. The summed E-state index contributed by atoms with van der Waals surface area (Å²) in [5.74, 6) is 0.170. The first-order valence-electron chi connectivity index (χ1n) is 9.07. The molecule has 3 aromatic rings. The van der Waals surface area contributed by atoms with Gasteiger partial charge in [-0.1, -0.05) is 22.6 Å². The maximum absolute atomic E-state index is 12.5. The molecule has 1 aliphatic heterocycles. The molecular formula is C19H20N4O4S2. The first kappa shape index (κ1) is 19.6. The van der Waals surface area contributed by atoms with Crippen molar-refractivity contribution >= 4 is 39.8 Å². The number of anilines is 1. The van der Waals surface area contributed by atoms with Crippen LogP contribution in [-0.4, -0.2) is 39.2 Å². The van der Waals surface area contributed by atoms with Crippen molar-refractivity contribution < 1.29 is 18.8 Å². The molecule has 3 aromatic heterocycles. The van der Waals surface area contributed by atoms with Gasteiger partial charge in [-0.25, -0.2) is 9.78 Å². The summed E-state index contributed by atoms with van der Waals surface area (Å²) in [6.07, 6.45) is 0.277. The van der Waals surface area contributed by atoms with Crippen LogP contribution in [0.15, 0.2) is 28.1 Å². The lowest BCUT2D eigenvalue weighted by molar-refractivity contribution is 0.0225. The zero-order chi connectivity index (χ0) is 20.6. The monoisotopic (exact) mass is 432 g/mol. The van der Waals surface area contributed by atoms with Crippen LogP contribution in [0.4, 0.5) is 9.93 Å². The molecule has 8 nitrogen and oxygen atoms in total. The molecule has 0 fully saturated rings. The lowest BCUT2D eigenvalue weighted by atomic mass is 10.2. The van der Waals surface area contributed by atoms with Crippen LogP contribution in [0.2, 0.25) is 0 Å². The second kappa shape index (κ2) is 7.60. The van der Waals surface area contributed by atoms with Crippen molar-refractivity contribution in [2.45, 2.75) is 39.3 Å². The number of rotatable bonds is 3. The third kappa shape index (κ3) is 4.48. The SMILES string of the molecule is CC(C)(C)OC(=O)N1CCc2nc(NC(=O)c3cc(-c4cccs4)on3)sc2C1. The molecule has 152 valence electrons. The second-order valence-electron chi connectivity index (χ2n) is 7.55. The van der Waals surface area contributed by atoms with Gasteiger partial charge in [0.1, 0.15) is 5.60 Å². The smallest absolute Gasteiger partial charge is 0.410 e. The van der Waals surface area contributed by atoms with Gasteiger partial charge in [0, 0.05) is 23.9 Å². The van der Waals surface area contributed by atoms with Gasteiger partial charge in [0.15, 0.2) is 16.6 Å². The van der Waals surface area contributed by atoms with Crippen molar-refractivity contribution in [2.24, 2.45) is 0 Å². The Labute approximate surface area is 175 Å². The standard InChI is InChI=1S/C19H20N4O4S2/c1-19(2,3)26-18(25)23-7-6-11-15(10-23)29-17(20-11)21-16(24)12-9-13(27-22-12)14-5-4-8-28-14/h4-5,8-9H,6-7,10H2,1-3H3,(H,20,21,24). The van der Waals surface area contributed by atoms with Gasteiger partial charge in [-0.05, 0) is 32.2 Å². The molecule has 0 bridgehead atoms. The van der Waals surface area contributed by atoms with Gasteiger partial charge < -0.3 is 14.2 Å². The Morgan fingerprint density at radius 2 is 2.17 bits per heavy atom. The van der Waals surface area contributed by atoms with Gasteiger partial charge in [-0.2, -0.15) is 0 Å². The highest BCUT2D eigenvalue weighted by molar-refractivity contribution is 7.16. The fraction of sp³-hybridized carbons (Fsp3) is 0.368. The van der Waals surface area contributed by atoms with Crippen LogP contribution in [0.1, 0.15) is 41.8 Å². The van der Waals surface area contributed by atoms with Gasteiger partial charge in [-0.15, -0.1) is 11.3 Å². The number of thiophene rings is 1. The lowest BCUT2D eigenvalue weighted by Gasteiger charge is -2.29. The Morgan fingerprint density at radius 1 is 1.34 bits per heavy atom. The van der Waals surface area contributed by atoms with Crippen LogP contribution < -0.4 is 5.32 Å². The molecule has 2 amide bonds. The number of nitrogens with zero attached hydrogens (tertiary/aromatic N) is 3. The molecule has 0 saturated heterocycles. The highest BCUT2D eigenvalue weighted by Crippen LogP contribution is 2.30. The molecule has 0 saturated carbocycles. The molecule has 29 heavy (non-hydrogen) atoms. The Hall–Kier alpha value is -2.72. The van der Waals surface area contributed by atoms with Crippen molar-refractivity contribution in [3.05, 3.63) is 39.8 Å². The zero-order valence-electron chi connectivity index (χ0n) is 16.2. The molecule has 4 rings (SSSR count). The van der Waals surface area contributed by atoms with Crippen molar-refractivity contribution in [3.63, 3.8) is 0 Å². The van der Waals surface area contributed by atoms with Gasteiger partial charge >= 0.3 is 6.09 Å². The number of hydrogen-bond donors (Lipinski definition) is 1. The number of amides is 2. The van der Waals surface area contributed by atoms with E-state index in [4.69, 9.17) is 9.26 Å². The summed E-state index contributed by atoms with van der Waals surface area (Å²) >= 11 is 2.86. The van der Waals surface area contributed by atoms with Gasteiger partial charge in [-0.3, -0.25) is 10.1 Å². The lowest BCUT2D eigenvalue weighted by Crippen LogP contribution is -2.39. The third-order valence-corrected chi connectivity index (χ3v) is 5.99. The summed E-state index contributed by atoms with van der Waals surface area (Å²) in [5, 5.41) is 9.02. The number of thiazole rings is 1. The van der Waals surface area contributed by atoms with E-state index >= 15 is 0 Å². The fourth-order valence-corrected chi connectivity index (χ4v) is 4.50. The molecule has 0 unspecified atom stereocenters. The summed E-state index contributed by atoms with van der Waals surface area (Å²) in [6, 6.07) is 5.42. The molecule has 0 atom stereocenters. The quantitative estimate of drug-likeness (QED) is 0.659. The van der Waals surface area contributed by atoms with E-state index < -0.39 is 5.60 Å². The van der Waals surface area contributed by atoms with E-state index in [9.17, 15) is 9.59 Å². The van der Waals surface area contributed by atoms with E-state index in [1.165, 1.54) is 22.7 Å². The Morgan fingerprint density at radius 3 is 2.90 bits per heavy atom. The van der Waals surface area contributed by atoms with E-state index in [0.717, 1.165) is 15.4 Å². The average molecular weight is 433 g/mol. The molecule has 1 aliphatic rings. The Kier molecular flexibility index (Phi) is 5.13. The maximum atomic E-state index is 12.5. The average Bonchev–Trinajstić information content (AvgIpc) is 3.38. The zero-order valence-corrected chi connectivity index (χ0v) is 17.9. The fourth-order valence-electron chi connectivity index (χ4n) is 2.81. The highest BCUT2D eigenvalue weighted by atomic mass is 32.1. The topological polar surface area (TPSA) is 97.6 Å². The number of nitrogens with one attached hydrogen (secondary N) is 1. The first-order chi connectivity index (χ1) is 13.8. The maximum Gasteiger partial charge on any atom is 0.410 e. The minimum Gasteiger partial charge on any atom is -0.444 e. The molecule has 0 aromatic carbocycles.